The number of hydrogen-bond donors (Lipinski definition) is 0. The topological polar surface area (TPSA) is 50.8 Å². The van der Waals surface area contributed by atoms with Crippen molar-refractivity contribution in [1.82, 2.24) is 4.90 Å². The van der Waals surface area contributed by atoms with Crippen LogP contribution in [0.25, 0.3) is 0 Å². The lowest BCUT2D eigenvalue weighted by atomic mass is 9.99. The molecule has 2 rings (SSSR count). The molecule has 0 saturated carbocycles. The maximum atomic E-state index is 8.94. The second-order valence-electron chi connectivity index (χ2n) is 4.52. The minimum atomic E-state index is 0.169. The van der Waals surface area contributed by atoms with Crippen molar-refractivity contribution in [3.8, 4) is 12.1 Å². The van der Waals surface area contributed by atoms with E-state index >= 15 is 0 Å². The highest BCUT2D eigenvalue weighted by molar-refractivity contribution is 5.32. The van der Waals surface area contributed by atoms with E-state index in [0.29, 0.717) is 5.56 Å². The van der Waals surface area contributed by atoms with Crippen molar-refractivity contribution in [2.75, 3.05) is 13.1 Å². The highest BCUT2D eigenvalue weighted by Gasteiger charge is 2.19. The number of nitrogens with zero attached hydrogens (tertiary/aromatic N) is 3. The van der Waals surface area contributed by atoms with E-state index < -0.39 is 0 Å². The van der Waals surface area contributed by atoms with Gasteiger partial charge in [0.1, 0.15) is 0 Å². The van der Waals surface area contributed by atoms with E-state index in [9.17, 15) is 0 Å². The monoisotopic (exact) mass is 225 g/mol. The van der Waals surface area contributed by atoms with Gasteiger partial charge in [-0.15, -0.1) is 0 Å². The normalized spacial score (nSPS) is 20.5. The molecular weight excluding hydrogens is 210 g/mol. The highest BCUT2D eigenvalue weighted by atomic mass is 15.1. The minimum Gasteiger partial charge on any atom is -0.298 e. The quantitative estimate of drug-likeness (QED) is 0.776. The Balaban J connectivity index is 2.01. The van der Waals surface area contributed by atoms with Crippen molar-refractivity contribution in [3.63, 3.8) is 0 Å². The Bertz CT molecular complexity index is 467. The van der Waals surface area contributed by atoms with E-state index in [1.165, 1.54) is 0 Å². The van der Waals surface area contributed by atoms with E-state index in [-0.39, 0.29) is 5.92 Å². The molecule has 0 bridgehead atoms. The molecule has 86 valence electrons. The SMILES string of the molecule is N#Cc1cccc(CN2CCCC(C#N)C2)c1. The molecule has 0 aliphatic carbocycles. The summed E-state index contributed by atoms with van der Waals surface area (Å²) in [6.07, 6.45) is 2.11. The molecule has 1 atom stereocenters. The average Bonchev–Trinajstić information content (AvgIpc) is 2.39. The fourth-order valence-corrected chi connectivity index (χ4v) is 2.30. The molecule has 0 aromatic heterocycles. The first kappa shape index (κ1) is 11.6. The Morgan fingerprint density at radius 3 is 3.00 bits per heavy atom. The van der Waals surface area contributed by atoms with Crippen LogP contribution >= 0.6 is 0 Å². The lowest BCUT2D eigenvalue weighted by Crippen LogP contribution is -2.34. The van der Waals surface area contributed by atoms with Crippen LogP contribution in [-0.4, -0.2) is 18.0 Å². The molecule has 1 aliphatic rings. The zero-order valence-electron chi connectivity index (χ0n) is 9.76. The second kappa shape index (κ2) is 5.48. The van der Waals surface area contributed by atoms with Gasteiger partial charge in [-0.05, 0) is 37.1 Å². The van der Waals surface area contributed by atoms with E-state index in [4.69, 9.17) is 10.5 Å². The minimum absolute atomic E-state index is 0.169. The molecule has 0 N–H and O–H groups in total. The summed E-state index contributed by atoms with van der Waals surface area (Å²) in [5, 5.41) is 17.8. The molecule has 0 radical (unpaired) electrons. The van der Waals surface area contributed by atoms with E-state index in [2.05, 4.69) is 17.0 Å². The highest BCUT2D eigenvalue weighted by Crippen LogP contribution is 2.18. The van der Waals surface area contributed by atoms with Crippen LogP contribution in [0.3, 0.4) is 0 Å². The van der Waals surface area contributed by atoms with Crippen molar-refractivity contribution < 1.29 is 0 Å². The van der Waals surface area contributed by atoms with Crippen molar-refractivity contribution in [2.24, 2.45) is 5.92 Å². The molecule has 0 amide bonds. The van der Waals surface area contributed by atoms with Crippen LogP contribution in [0.5, 0.6) is 0 Å². The molecule has 3 heteroatoms. The van der Waals surface area contributed by atoms with Gasteiger partial charge >= 0.3 is 0 Å². The van der Waals surface area contributed by atoms with Crippen LogP contribution in [0.1, 0.15) is 24.0 Å². The first-order chi connectivity index (χ1) is 8.31. The van der Waals surface area contributed by atoms with Crippen LogP contribution in [0.2, 0.25) is 0 Å². The third-order valence-corrected chi connectivity index (χ3v) is 3.15. The lowest BCUT2D eigenvalue weighted by Gasteiger charge is -2.29. The van der Waals surface area contributed by atoms with Gasteiger partial charge in [0.25, 0.3) is 0 Å². The largest absolute Gasteiger partial charge is 0.298 e. The number of likely N-dealkylation sites (tertiary alicyclic amines) is 1. The third kappa shape index (κ3) is 3.06. The van der Waals surface area contributed by atoms with Crippen molar-refractivity contribution in [3.05, 3.63) is 35.4 Å². The van der Waals surface area contributed by atoms with E-state index in [1.54, 1.807) is 0 Å². The van der Waals surface area contributed by atoms with Crippen LogP contribution < -0.4 is 0 Å². The van der Waals surface area contributed by atoms with Crippen LogP contribution in [0.4, 0.5) is 0 Å². The number of nitriles is 2. The molecule has 3 nitrogen and oxygen atoms in total. The Morgan fingerprint density at radius 2 is 2.24 bits per heavy atom. The number of benzene rings is 1. The van der Waals surface area contributed by atoms with Gasteiger partial charge in [0.2, 0.25) is 0 Å². The van der Waals surface area contributed by atoms with Crippen molar-refractivity contribution in [2.45, 2.75) is 19.4 Å². The van der Waals surface area contributed by atoms with Gasteiger partial charge in [-0.2, -0.15) is 10.5 Å². The first-order valence-electron chi connectivity index (χ1n) is 5.93. The van der Waals surface area contributed by atoms with Gasteiger partial charge in [0.05, 0.1) is 23.6 Å². The zero-order valence-corrected chi connectivity index (χ0v) is 9.76. The molecule has 1 unspecified atom stereocenters. The predicted molar refractivity (Wildman–Crippen MR) is 64.8 cm³/mol. The molecule has 1 saturated heterocycles. The molecule has 1 aromatic carbocycles. The standard InChI is InChI=1S/C14H15N3/c15-8-12-3-1-4-13(7-12)10-17-6-2-5-14(9-16)11-17/h1,3-4,7,14H,2,5-6,10-11H2. The van der Waals surface area contributed by atoms with Gasteiger partial charge in [-0.3, -0.25) is 4.90 Å². The number of hydrogen-bond acceptors (Lipinski definition) is 3. The molecule has 0 spiro atoms. The summed E-state index contributed by atoms with van der Waals surface area (Å²) in [5.74, 6) is 0.169. The Kier molecular flexibility index (Phi) is 3.75. The lowest BCUT2D eigenvalue weighted by molar-refractivity contribution is 0.192. The van der Waals surface area contributed by atoms with E-state index in [0.717, 1.165) is 38.0 Å². The number of piperidine rings is 1. The van der Waals surface area contributed by atoms with Gasteiger partial charge < -0.3 is 0 Å². The predicted octanol–water partition coefficient (Wildman–Crippen LogP) is 2.29. The second-order valence-corrected chi connectivity index (χ2v) is 4.52. The summed E-state index contributed by atoms with van der Waals surface area (Å²) in [6, 6.07) is 12.2. The molecular formula is C14H15N3. The molecule has 1 fully saturated rings. The zero-order chi connectivity index (χ0) is 12.1. The maximum Gasteiger partial charge on any atom is 0.0991 e. The summed E-state index contributed by atoms with van der Waals surface area (Å²) < 4.78 is 0. The maximum absolute atomic E-state index is 8.94. The fourth-order valence-electron chi connectivity index (χ4n) is 2.30. The van der Waals surface area contributed by atoms with Gasteiger partial charge in [-0.25, -0.2) is 0 Å². The van der Waals surface area contributed by atoms with E-state index in [1.807, 2.05) is 24.3 Å². The number of rotatable bonds is 2. The Hall–Kier alpha value is -1.84. The average molecular weight is 225 g/mol. The van der Waals surface area contributed by atoms with Gasteiger partial charge in [0, 0.05) is 13.1 Å². The molecule has 1 aromatic rings. The van der Waals surface area contributed by atoms with Crippen molar-refractivity contribution in [1.29, 1.82) is 10.5 Å². The Morgan fingerprint density at radius 1 is 1.35 bits per heavy atom. The molecule has 1 heterocycles. The van der Waals surface area contributed by atoms with Crippen molar-refractivity contribution >= 4 is 0 Å². The summed E-state index contributed by atoms with van der Waals surface area (Å²) >= 11 is 0. The summed E-state index contributed by atoms with van der Waals surface area (Å²) in [6.45, 7) is 2.75. The van der Waals surface area contributed by atoms with Gasteiger partial charge in [-0.1, -0.05) is 12.1 Å². The molecule has 1 aliphatic heterocycles. The van der Waals surface area contributed by atoms with Gasteiger partial charge in [0.15, 0.2) is 0 Å². The third-order valence-electron chi connectivity index (χ3n) is 3.15. The summed E-state index contributed by atoms with van der Waals surface area (Å²) in [5.41, 5.74) is 1.86. The fraction of sp³-hybridized carbons (Fsp3) is 0.429. The summed E-state index contributed by atoms with van der Waals surface area (Å²) in [4.78, 5) is 2.30. The summed E-state index contributed by atoms with van der Waals surface area (Å²) in [7, 11) is 0. The first-order valence-corrected chi connectivity index (χ1v) is 5.93. The van der Waals surface area contributed by atoms with Crippen LogP contribution in [0, 0.1) is 28.6 Å². The van der Waals surface area contributed by atoms with Crippen LogP contribution in [0.15, 0.2) is 24.3 Å². The molecule has 17 heavy (non-hydrogen) atoms. The Labute approximate surface area is 102 Å². The van der Waals surface area contributed by atoms with Crippen LogP contribution in [-0.2, 0) is 6.54 Å². The smallest absolute Gasteiger partial charge is 0.0991 e.